The van der Waals surface area contributed by atoms with E-state index in [9.17, 15) is 0 Å². The highest BCUT2D eigenvalue weighted by molar-refractivity contribution is 6.23. The van der Waals surface area contributed by atoms with E-state index >= 15 is 0 Å². The Labute approximate surface area is 225 Å². The van der Waals surface area contributed by atoms with Gasteiger partial charge in [-0.2, -0.15) is 0 Å². The average molecular weight is 515 g/mol. The molecule has 3 aromatic heterocycles. The predicted octanol–water partition coefficient (Wildman–Crippen LogP) is 5.34. The molecule has 6 bridgehead atoms. The summed E-state index contributed by atoms with van der Waals surface area (Å²) in [6, 6.07) is 30.9. The number of amidine groups is 2. The van der Waals surface area contributed by atoms with Crippen LogP contribution >= 0.6 is 0 Å². The van der Waals surface area contributed by atoms with Gasteiger partial charge >= 0.3 is 0 Å². The van der Waals surface area contributed by atoms with Crippen LogP contribution in [0.5, 0.6) is 0 Å². The summed E-state index contributed by atoms with van der Waals surface area (Å²) in [5.74, 6) is 2.88. The number of fused-ring (bicyclic) bond motifs is 14. The maximum atomic E-state index is 5.28. The molecule has 1 atom stereocenters. The van der Waals surface area contributed by atoms with Gasteiger partial charge in [-0.25, -0.2) is 25.0 Å². The summed E-state index contributed by atoms with van der Waals surface area (Å²) < 4.78 is 2.10. The number of rotatable bonds is 0. The summed E-state index contributed by atoms with van der Waals surface area (Å²) in [7, 11) is 0. The van der Waals surface area contributed by atoms with Crippen molar-refractivity contribution in [3.8, 4) is 0 Å². The molecule has 0 fully saturated rings. The lowest BCUT2D eigenvalue weighted by Gasteiger charge is -2.12. The van der Waals surface area contributed by atoms with E-state index in [0.29, 0.717) is 11.7 Å². The predicted molar refractivity (Wildman–Crippen MR) is 156 cm³/mol. The van der Waals surface area contributed by atoms with Gasteiger partial charge in [-0.15, -0.1) is 0 Å². The molecule has 8 nitrogen and oxygen atoms in total. The van der Waals surface area contributed by atoms with Gasteiger partial charge < -0.3 is 10.3 Å². The molecule has 2 N–H and O–H groups in total. The molecule has 3 aliphatic heterocycles. The zero-order chi connectivity index (χ0) is 25.9. The SMILES string of the molecule is c1ccc2c(c1)C1=NC2=Nc2[nH]c(c3ccccc23)NC2N=c3c4c2cccc4nc2c4ccccc4c(n32)=N1. The third kappa shape index (κ3) is 2.48. The maximum absolute atomic E-state index is 5.28. The van der Waals surface area contributed by atoms with Crippen molar-refractivity contribution in [3.05, 3.63) is 119 Å². The Morgan fingerprint density at radius 3 is 2.20 bits per heavy atom. The number of nitrogens with one attached hydrogen (secondary N) is 2. The van der Waals surface area contributed by atoms with Gasteiger partial charge in [0.1, 0.15) is 28.9 Å². The molecule has 0 saturated heterocycles. The smallest absolute Gasteiger partial charge is 0.164 e. The number of aliphatic imine (C=N–C) groups is 2. The van der Waals surface area contributed by atoms with E-state index in [1.165, 1.54) is 0 Å². The number of hydrogen-bond donors (Lipinski definition) is 2. The van der Waals surface area contributed by atoms with Crippen molar-refractivity contribution in [1.82, 2.24) is 14.4 Å². The maximum Gasteiger partial charge on any atom is 0.164 e. The first-order valence-corrected chi connectivity index (χ1v) is 13.2. The highest BCUT2D eigenvalue weighted by Gasteiger charge is 2.28. The normalized spacial score (nSPS) is 16.6. The standard InChI is InChI=1S/C32H18N8/c1-2-9-17-16(8-1)25-34-26-18-10-3-4-11-19(18)28(36-26)38-31-21-13-6-5-12-20(21)30-33-23-15-7-14-22-24(23)32(40(30)31)39-29(22)37-27(17)35-25/h1-15,29,35,37H. The molecule has 10 rings (SSSR count). The quantitative estimate of drug-likeness (QED) is 0.286. The van der Waals surface area contributed by atoms with Crippen LogP contribution in [0, 0.1) is 0 Å². The van der Waals surface area contributed by atoms with Crippen molar-refractivity contribution in [3.63, 3.8) is 0 Å². The van der Waals surface area contributed by atoms with E-state index in [4.69, 9.17) is 25.0 Å². The fraction of sp³-hybridized carbons (Fsp3) is 0.0312. The lowest BCUT2D eigenvalue weighted by molar-refractivity contribution is 0.816. The first kappa shape index (κ1) is 20.3. The number of benzene rings is 4. The molecule has 3 aliphatic rings. The minimum atomic E-state index is -0.304. The summed E-state index contributed by atoms with van der Waals surface area (Å²) in [4.78, 5) is 29.3. The zero-order valence-corrected chi connectivity index (χ0v) is 20.9. The third-order valence-electron chi connectivity index (χ3n) is 8.14. The van der Waals surface area contributed by atoms with Gasteiger partial charge in [0, 0.05) is 38.2 Å². The Balaban J connectivity index is 1.44. The highest BCUT2D eigenvalue weighted by atomic mass is 15.2. The molecule has 0 amide bonds. The molecular formula is C32H18N8. The number of aromatic nitrogens is 3. The minimum Gasteiger partial charge on any atom is -0.346 e. The largest absolute Gasteiger partial charge is 0.346 e. The lowest BCUT2D eigenvalue weighted by Crippen LogP contribution is -2.26. The van der Waals surface area contributed by atoms with Gasteiger partial charge in [-0.1, -0.05) is 84.9 Å². The van der Waals surface area contributed by atoms with Crippen molar-refractivity contribution in [2.45, 2.75) is 6.17 Å². The Hall–Kier alpha value is -5.63. The highest BCUT2D eigenvalue weighted by Crippen LogP contribution is 2.37. The summed E-state index contributed by atoms with van der Waals surface area (Å²) in [5, 5.41) is 8.81. The van der Waals surface area contributed by atoms with E-state index < -0.39 is 0 Å². The second kappa shape index (κ2) is 7.06. The molecule has 40 heavy (non-hydrogen) atoms. The van der Waals surface area contributed by atoms with Crippen LogP contribution in [-0.4, -0.2) is 26.0 Å². The fourth-order valence-electron chi connectivity index (χ4n) is 6.38. The van der Waals surface area contributed by atoms with Crippen molar-refractivity contribution < 1.29 is 0 Å². The van der Waals surface area contributed by atoms with Crippen LogP contribution in [0.25, 0.3) is 38.1 Å². The number of anilines is 1. The van der Waals surface area contributed by atoms with Gasteiger partial charge in [-0.3, -0.25) is 4.40 Å². The average Bonchev–Trinajstić information content (AvgIpc) is 3.72. The second-order valence-electron chi connectivity index (χ2n) is 10.3. The van der Waals surface area contributed by atoms with E-state index in [0.717, 1.165) is 77.4 Å². The van der Waals surface area contributed by atoms with Crippen molar-refractivity contribution in [2.24, 2.45) is 20.0 Å². The molecule has 1 unspecified atom stereocenters. The van der Waals surface area contributed by atoms with Crippen LogP contribution in [0.3, 0.4) is 0 Å². The Bertz CT molecular complexity index is 2480. The number of H-pyrrole nitrogens is 1. The third-order valence-corrected chi connectivity index (χ3v) is 8.14. The fourth-order valence-corrected chi connectivity index (χ4v) is 6.38. The van der Waals surface area contributed by atoms with Gasteiger partial charge in [0.15, 0.2) is 17.2 Å². The number of nitrogens with zero attached hydrogens (tertiary/aromatic N) is 6. The molecule has 0 radical (unpaired) electrons. The molecule has 4 aromatic carbocycles. The number of hydrogen-bond acceptors (Lipinski definition) is 6. The first-order chi connectivity index (χ1) is 19.8. The van der Waals surface area contributed by atoms with Crippen molar-refractivity contribution in [2.75, 3.05) is 5.32 Å². The van der Waals surface area contributed by atoms with Gasteiger partial charge in [0.25, 0.3) is 0 Å². The summed E-state index contributed by atoms with van der Waals surface area (Å²) in [5.41, 5.74) is 6.34. The Morgan fingerprint density at radius 1 is 0.625 bits per heavy atom. The summed E-state index contributed by atoms with van der Waals surface area (Å²) >= 11 is 0. The monoisotopic (exact) mass is 514 g/mol. The van der Waals surface area contributed by atoms with Gasteiger partial charge in [0.2, 0.25) is 0 Å². The second-order valence-corrected chi connectivity index (χ2v) is 10.3. The summed E-state index contributed by atoms with van der Waals surface area (Å²) in [6.07, 6.45) is -0.304. The van der Waals surface area contributed by atoms with Gasteiger partial charge in [-0.05, 0) is 6.07 Å². The molecule has 186 valence electrons. The molecule has 7 aromatic rings. The van der Waals surface area contributed by atoms with Crippen molar-refractivity contribution >= 4 is 61.4 Å². The van der Waals surface area contributed by atoms with Crippen LogP contribution in [-0.2, 0) is 0 Å². The van der Waals surface area contributed by atoms with Crippen LogP contribution in [0.2, 0.25) is 0 Å². The lowest BCUT2D eigenvalue weighted by atomic mass is 10.1. The molecule has 0 aliphatic carbocycles. The Kier molecular flexibility index (Phi) is 3.59. The Morgan fingerprint density at radius 2 is 1.35 bits per heavy atom. The van der Waals surface area contributed by atoms with E-state index in [1.54, 1.807) is 0 Å². The zero-order valence-electron chi connectivity index (χ0n) is 20.9. The van der Waals surface area contributed by atoms with Crippen molar-refractivity contribution in [1.29, 1.82) is 0 Å². The van der Waals surface area contributed by atoms with Crippen LogP contribution in [0.4, 0.5) is 11.6 Å². The van der Waals surface area contributed by atoms with Crippen LogP contribution < -0.4 is 16.3 Å². The number of aromatic amines is 1. The molecule has 8 heteroatoms. The molecule has 0 spiro atoms. The summed E-state index contributed by atoms with van der Waals surface area (Å²) in [6.45, 7) is 0. The minimum absolute atomic E-state index is 0.304. The van der Waals surface area contributed by atoms with E-state index in [-0.39, 0.29) is 6.17 Å². The van der Waals surface area contributed by atoms with Crippen LogP contribution in [0.15, 0.2) is 111 Å². The molecular weight excluding hydrogens is 496 g/mol. The topological polar surface area (TPSA) is 94.6 Å². The molecule has 6 heterocycles. The van der Waals surface area contributed by atoms with E-state index in [2.05, 4.69) is 69.3 Å². The van der Waals surface area contributed by atoms with Gasteiger partial charge in [0.05, 0.1) is 10.9 Å². The first-order valence-electron chi connectivity index (χ1n) is 13.2. The van der Waals surface area contributed by atoms with E-state index in [1.807, 2.05) is 36.4 Å². The van der Waals surface area contributed by atoms with Crippen LogP contribution in [0.1, 0.15) is 22.9 Å². The molecule has 0 saturated carbocycles.